The Labute approximate surface area is 269 Å². The number of H-pyrrole nitrogens is 1. The van der Waals surface area contributed by atoms with E-state index in [2.05, 4.69) is 10.3 Å². The summed E-state index contributed by atoms with van der Waals surface area (Å²) >= 11 is 0. The Bertz CT molecular complexity index is 2290. The molecule has 0 fully saturated rings. The molecule has 9 nitrogen and oxygen atoms in total. The highest BCUT2D eigenvalue weighted by Gasteiger charge is 2.27. The molecule has 6 rings (SSSR count). The molecule has 0 aliphatic rings. The van der Waals surface area contributed by atoms with E-state index in [4.69, 9.17) is 9.40 Å². The summed E-state index contributed by atoms with van der Waals surface area (Å²) in [5.41, 5.74) is 4.02. The number of sulfonamides is 1. The monoisotopic (exact) mass is 656 g/mol. The molecule has 0 unspecified atom stereocenters. The fourth-order valence-electron chi connectivity index (χ4n) is 5.43. The Kier molecular flexibility index (Phi) is 8.39. The first-order valence-electron chi connectivity index (χ1n) is 14.6. The van der Waals surface area contributed by atoms with Crippen molar-refractivity contribution < 1.29 is 31.5 Å². The van der Waals surface area contributed by atoms with Crippen molar-refractivity contribution in [2.24, 2.45) is 0 Å². The number of carbonyl (C=O) groups is 1. The second kappa shape index (κ2) is 12.5. The number of pyridine rings is 1. The van der Waals surface area contributed by atoms with Gasteiger partial charge in [-0.3, -0.25) is 9.10 Å². The molecule has 0 saturated heterocycles. The van der Waals surface area contributed by atoms with Gasteiger partial charge in [0.1, 0.15) is 23.0 Å². The first kappa shape index (κ1) is 31.6. The maximum absolute atomic E-state index is 14.7. The topological polar surface area (TPSA) is 129 Å². The molecule has 240 valence electrons. The van der Waals surface area contributed by atoms with E-state index in [1.807, 2.05) is 0 Å². The van der Waals surface area contributed by atoms with Gasteiger partial charge < -0.3 is 19.8 Å². The van der Waals surface area contributed by atoms with Crippen molar-refractivity contribution in [2.75, 3.05) is 31.3 Å². The van der Waals surface area contributed by atoms with Gasteiger partial charge in [0.2, 0.25) is 10.0 Å². The van der Waals surface area contributed by atoms with Crippen molar-refractivity contribution in [3.05, 3.63) is 102 Å². The van der Waals surface area contributed by atoms with Crippen molar-refractivity contribution in [1.29, 1.82) is 0 Å². The fourth-order valence-corrected chi connectivity index (χ4v) is 5.94. The lowest BCUT2D eigenvalue weighted by molar-refractivity contribution is 0.0964. The third-order valence-corrected chi connectivity index (χ3v) is 9.06. The average molecular weight is 657 g/mol. The van der Waals surface area contributed by atoms with Crippen LogP contribution in [0.3, 0.4) is 0 Å². The Morgan fingerprint density at radius 1 is 1.06 bits per heavy atom. The van der Waals surface area contributed by atoms with Crippen molar-refractivity contribution in [3.63, 3.8) is 0 Å². The van der Waals surface area contributed by atoms with Gasteiger partial charge in [0.25, 0.3) is 5.91 Å². The number of halogens is 2. The van der Waals surface area contributed by atoms with Gasteiger partial charge in [0.15, 0.2) is 0 Å². The summed E-state index contributed by atoms with van der Waals surface area (Å²) < 4.78 is 61.4. The number of anilines is 1. The zero-order valence-electron chi connectivity index (χ0n) is 25.6. The van der Waals surface area contributed by atoms with E-state index in [1.165, 1.54) is 50.5 Å². The van der Waals surface area contributed by atoms with Crippen LogP contribution in [0.2, 0.25) is 0 Å². The third kappa shape index (κ3) is 6.00. The second-order valence-electron chi connectivity index (χ2n) is 10.9. The first-order chi connectivity index (χ1) is 22.5. The number of aliphatic hydroxyl groups is 1. The van der Waals surface area contributed by atoms with Crippen LogP contribution in [0.1, 0.15) is 22.3 Å². The number of rotatable bonds is 9. The summed E-state index contributed by atoms with van der Waals surface area (Å²) in [6.07, 6.45) is 5.06. The lowest BCUT2D eigenvalue weighted by atomic mass is 9.99. The molecule has 1 amide bonds. The largest absolute Gasteiger partial charge is 0.455 e. The van der Waals surface area contributed by atoms with Gasteiger partial charge in [0.05, 0.1) is 34.6 Å². The van der Waals surface area contributed by atoms with Crippen LogP contribution >= 0.6 is 0 Å². The number of amides is 1. The van der Waals surface area contributed by atoms with Gasteiger partial charge in [-0.05, 0) is 61.0 Å². The molecule has 0 spiro atoms. The molecular formula is C35H30F2N4O5S. The van der Waals surface area contributed by atoms with E-state index in [1.54, 1.807) is 48.6 Å². The minimum absolute atomic E-state index is 0.0472. The van der Waals surface area contributed by atoms with Crippen molar-refractivity contribution in [1.82, 2.24) is 15.3 Å². The van der Waals surface area contributed by atoms with Crippen LogP contribution in [0.5, 0.6) is 0 Å². The minimum atomic E-state index is -3.78. The highest BCUT2D eigenvalue weighted by atomic mass is 32.2. The molecular weight excluding hydrogens is 626 g/mol. The van der Waals surface area contributed by atoms with Gasteiger partial charge in [-0.15, -0.1) is 0 Å². The highest BCUT2D eigenvalue weighted by Crippen LogP contribution is 2.42. The molecule has 12 heteroatoms. The van der Waals surface area contributed by atoms with Crippen molar-refractivity contribution in [3.8, 4) is 34.0 Å². The quantitative estimate of drug-likeness (QED) is 0.158. The zero-order valence-corrected chi connectivity index (χ0v) is 26.5. The summed E-state index contributed by atoms with van der Waals surface area (Å²) in [4.78, 5) is 21.5. The number of aromatic nitrogens is 2. The van der Waals surface area contributed by atoms with Crippen LogP contribution in [-0.2, 0) is 10.0 Å². The van der Waals surface area contributed by atoms with E-state index in [0.29, 0.717) is 56.5 Å². The van der Waals surface area contributed by atoms with E-state index in [0.717, 1.165) is 10.6 Å². The molecule has 0 aliphatic carbocycles. The number of aromatic amines is 1. The number of hydrogen-bond acceptors (Lipinski definition) is 6. The maximum atomic E-state index is 14.7. The van der Waals surface area contributed by atoms with Crippen LogP contribution in [0.25, 0.3) is 61.9 Å². The molecule has 3 aromatic heterocycles. The number of nitrogens with zero attached hydrogens (tertiary/aromatic N) is 2. The van der Waals surface area contributed by atoms with Gasteiger partial charge in [-0.25, -0.2) is 22.2 Å². The van der Waals surface area contributed by atoms with Gasteiger partial charge in [0, 0.05) is 59.7 Å². The number of benzene rings is 3. The number of fused-ring (bicyclic) bond motifs is 2. The van der Waals surface area contributed by atoms with Crippen LogP contribution < -0.4 is 9.62 Å². The van der Waals surface area contributed by atoms with Gasteiger partial charge in [-0.2, -0.15) is 0 Å². The van der Waals surface area contributed by atoms with Crippen LogP contribution in [-0.4, -0.2) is 56.4 Å². The fraction of sp³-hybridized carbons (Fsp3) is 0.143. The number of furan rings is 1. The number of carbonyl (C=O) groups excluding carboxylic acids is 1. The average Bonchev–Trinajstić information content (AvgIpc) is 3.66. The van der Waals surface area contributed by atoms with Gasteiger partial charge in [-0.1, -0.05) is 24.3 Å². The predicted octanol–water partition coefficient (Wildman–Crippen LogP) is 6.74. The second-order valence-corrected chi connectivity index (χ2v) is 12.9. The Balaban J connectivity index is 1.64. The maximum Gasteiger partial charge on any atom is 0.255 e. The van der Waals surface area contributed by atoms with E-state index in [9.17, 15) is 27.1 Å². The lowest BCUT2D eigenvalue weighted by Gasteiger charge is -2.21. The lowest BCUT2D eigenvalue weighted by Crippen LogP contribution is -2.25. The summed E-state index contributed by atoms with van der Waals surface area (Å²) in [5, 5.41) is 12.7. The van der Waals surface area contributed by atoms with E-state index < -0.39 is 27.6 Å². The number of nitrogens with one attached hydrogen (secondary N) is 2. The van der Waals surface area contributed by atoms with Crippen LogP contribution in [0.4, 0.5) is 14.5 Å². The van der Waals surface area contributed by atoms with E-state index in [-0.39, 0.29) is 29.2 Å². The Hall–Kier alpha value is -5.33. The molecule has 0 radical (unpaired) electrons. The SMILES string of the molecule is CNC(=O)c1c(-c2ccc(F)cc2)oc2cc(N(C)S(C)(=O)=O)c(-c3ccc(C=CCCO)c(-c4cc5c(F)cccc5[nH]4)n3)cc12. The smallest absolute Gasteiger partial charge is 0.255 e. The normalized spacial score (nSPS) is 12.0. The predicted molar refractivity (Wildman–Crippen MR) is 179 cm³/mol. The first-order valence-corrected chi connectivity index (χ1v) is 16.4. The highest BCUT2D eigenvalue weighted by molar-refractivity contribution is 7.92. The molecule has 47 heavy (non-hydrogen) atoms. The Morgan fingerprint density at radius 3 is 2.51 bits per heavy atom. The molecule has 0 saturated carbocycles. The molecule has 3 aromatic carbocycles. The molecule has 3 N–H and O–H groups in total. The number of hydrogen-bond donors (Lipinski definition) is 3. The molecule has 6 aromatic rings. The summed E-state index contributed by atoms with van der Waals surface area (Å²) in [5.74, 6) is -1.14. The summed E-state index contributed by atoms with van der Waals surface area (Å²) in [6.45, 7) is -0.0472. The van der Waals surface area contributed by atoms with Gasteiger partial charge >= 0.3 is 0 Å². The molecule has 0 bridgehead atoms. The Morgan fingerprint density at radius 2 is 1.83 bits per heavy atom. The summed E-state index contributed by atoms with van der Waals surface area (Å²) in [6, 6.07) is 18.5. The number of aliphatic hydroxyl groups excluding tert-OH is 1. The van der Waals surface area contributed by atoms with Crippen LogP contribution in [0.15, 0.2) is 83.3 Å². The van der Waals surface area contributed by atoms with Crippen molar-refractivity contribution in [2.45, 2.75) is 6.42 Å². The minimum Gasteiger partial charge on any atom is -0.455 e. The third-order valence-electron chi connectivity index (χ3n) is 7.87. The zero-order chi connectivity index (χ0) is 33.5. The standard InChI is InChI=1S/C35H30F2N4O5S/c1-38-35(43)32-25-17-24(30(41(2)47(3,44)45)19-31(25)46-34(32)21-10-13-22(36)14-11-21)28-15-12-20(7-4-5-16-42)33(40-28)29-18-23-26(37)8-6-9-27(23)39-29/h4,6-15,17-19,39,42H,5,16H2,1-3H3,(H,38,43). The van der Waals surface area contributed by atoms with Crippen molar-refractivity contribution >= 4 is 49.6 Å². The molecule has 0 atom stereocenters. The van der Waals surface area contributed by atoms with Crippen LogP contribution in [0, 0.1) is 11.6 Å². The molecule has 3 heterocycles. The molecule has 0 aliphatic heterocycles. The summed E-state index contributed by atoms with van der Waals surface area (Å²) in [7, 11) is -0.909. The van der Waals surface area contributed by atoms with E-state index >= 15 is 0 Å².